The van der Waals surface area contributed by atoms with Crippen molar-refractivity contribution < 1.29 is 37.3 Å². The molecule has 0 spiro atoms. The molecule has 3 atom stereocenters. The van der Waals surface area contributed by atoms with Crippen molar-refractivity contribution in [3.05, 3.63) is 92.9 Å². The highest BCUT2D eigenvalue weighted by atomic mass is 19.2. The first-order valence-corrected chi connectivity index (χ1v) is 13.5. The van der Waals surface area contributed by atoms with Crippen LogP contribution in [0.15, 0.2) is 53.5 Å². The first-order valence-electron chi connectivity index (χ1n) is 13.5. The van der Waals surface area contributed by atoms with Gasteiger partial charge in [0.2, 0.25) is 11.2 Å². The van der Waals surface area contributed by atoms with Crippen LogP contribution in [0.3, 0.4) is 0 Å². The highest BCUT2D eigenvalue weighted by Crippen LogP contribution is 2.48. The van der Waals surface area contributed by atoms with Crippen molar-refractivity contribution in [3.8, 4) is 5.75 Å². The summed E-state index contributed by atoms with van der Waals surface area (Å²) in [6.07, 6.45) is -0.462. The van der Waals surface area contributed by atoms with Gasteiger partial charge in [0.1, 0.15) is 12.2 Å². The summed E-state index contributed by atoms with van der Waals surface area (Å²) in [5, 5.41) is 1.80. The van der Waals surface area contributed by atoms with E-state index in [0.717, 1.165) is 24.4 Å². The van der Waals surface area contributed by atoms with Crippen LogP contribution in [0.5, 0.6) is 5.75 Å². The minimum absolute atomic E-state index is 0.0957. The summed E-state index contributed by atoms with van der Waals surface area (Å²) in [7, 11) is 1.09. The van der Waals surface area contributed by atoms with Gasteiger partial charge in [-0.05, 0) is 17.7 Å². The van der Waals surface area contributed by atoms with Crippen LogP contribution in [0, 0.1) is 11.6 Å². The third kappa shape index (κ3) is 3.87. The Labute approximate surface area is 238 Å². The molecule has 4 aliphatic rings. The maximum absolute atomic E-state index is 15.9. The molecule has 3 unspecified atom stereocenters. The summed E-state index contributed by atoms with van der Waals surface area (Å²) in [4.78, 5) is 42.5. The number of halogens is 2. The van der Waals surface area contributed by atoms with E-state index >= 15 is 4.39 Å². The Morgan fingerprint density at radius 2 is 1.71 bits per heavy atom. The summed E-state index contributed by atoms with van der Waals surface area (Å²) in [6, 6.07) is 9.95. The second-order valence-electron chi connectivity index (χ2n) is 10.3. The van der Waals surface area contributed by atoms with E-state index in [1.807, 2.05) is 29.2 Å². The molecule has 0 aliphatic carbocycles. The minimum atomic E-state index is -1.16. The van der Waals surface area contributed by atoms with Crippen LogP contribution in [0.2, 0.25) is 0 Å². The number of hydrogen-bond donors (Lipinski definition) is 0. The number of fused-ring (bicyclic) bond motifs is 7. The van der Waals surface area contributed by atoms with E-state index in [-0.39, 0.29) is 37.6 Å². The van der Waals surface area contributed by atoms with Crippen molar-refractivity contribution >= 4 is 17.7 Å². The SMILES string of the molecule is COC(=O)Oc1c2n(ccc1=O)N(C1c3ccccc3N3CCOCC3c3c1ccc(F)c3F)C1COCCN1C2=O. The lowest BCUT2D eigenvalue weighted by molar-refractivity contribution is -0.0197. The smallest absolute Gasteiger partial charge is 0.437 e. The maximum atomic E-state index is 15.9. The largest absolute Gasteiger partial charge is 0.513 e. The Bertz CT molecular complexity index is 1660. The van der Waals surface area contributed by atoms with Crippen molar-refractivity contribution in [1.29, 1.82) is 0 Å². The first kappa shape index (κ1) is 26.4. The summed E-state index contributed by atoms with van der Waals surface area (Å²) >= 11 is 0. The van der Waals surface area contributed by atoms with Gasteiger partial charge in [-0.25, -0.2) is 13.6 Å². The third-order valence-electron chi connectivity index (χ3n) is 8.24. The quantitative estimate of drug-likeness (QED) is 0.424. The second kappa shape index (κ2) is 10.1. The number of hydrogen-bond acceptors (Lipinski definition) is 9. The molecular formula is C29H26F2N4O7. The number of amides is 1. The molecule has 7 rings (SSSR count). The molecule has 2 aromatic carbocycles. The van der Waals surface area contributed by atoms with Crippen molar-refractivity contribution in [2.24, 2.45) is 0 Å². The number of anilines is 1. The van der Waals surface area contributed by atoms with Gasteiger partial charge in [0.15, 0.2) is 17.3 Å². The molecule has 5 heterocycles. The average molecular weight is 581 g/mol. The molecule has 218 valence electrons. The average Bonchev–Trinajstić information content (AvgIpc) is 3.13. The van der Waals surface area contributed by atoms with E-state index in [2.05, 4.69) is 4.74 Å². The van der Waals surface area contributed by atoms with Crippen LogP contribution in [0.4, 0.5) is 19.3 Å². The van der Waals surface area contributed by atoms with Crippen LogP contribution in [0.1, 0.15) is 39.3 Å². The van der Waals surface area contributed by atoms with Gasteiger partial charge in [0.05, 0.1) is 39.6 Å². The summed E-state index contributed by atoms with van der Waals surface area (Å²) in [5.74, 6) is -3.01. The van der Waals surface area contributed by atoms with Gasteiger partial charge in [-0.1, -0.05) is 24.3 Å². The molecule has 0 N–H and O–H groups in total. The standard InChI is InChI=1S/C29H26F2N4O7/c1-39-29(38)42-27-21(36)8-9-34-26(27)28(37)33-11-13-41-15-22(33)35(34)25-16-4-2-3-5-19(16)32-10-12-40-14-20(32)23-17(25)6-7-18(30)24(23)31/h2-9,20,22,25H,10-15H2,1H3. The van der Waals surface area contributed by atoms with Crippen LogP contribution in [-0.4, -0.2) is 74.4 Å². The molecule has 42 heavy (non-hydrogen) atoms. The number of pyridine rings is 1. The molecule has 2 fully saturated rings. The van der Waals surface area contributed by atoms with E-state index in [1.54, 1.807) is 11.1 Å². The fraction of sp³-hybridized carbons (Fsp3) is 0.345. The van der Waals surface area contributed by atoms with Crippen molar-refractivity contribution in [1.82, 2.24) is 9.58 Å². The monoisotopic (exact) mass is 580 g/mol. The fourth-order valence-corrected chi connectivity index (χ4v) is 6.47. The zero-order valence-electron chi connectivity index (χ0n) is 22.5. The Kier molecular flexibility index (Phi) is 6.35. The Hall–Kier alpha value is -4.49. The van der Waals surface area contributed by atoms with Crippen LogP contribution in [0.25, 0.3) is 0 Å². The number of rotatable bonds is 2. The minimum Gasteiger partial charge on any atom is -0.437 e. The fourth-order valence-electron chi connectivity index (χ4n) is 6.47. The van der Waals surface area contributed by atoms with Gasteiger partial charge in [0.25, 0.3) is 5.91 Å². The number of carbonyl (C=O) groups excluding carboxylic acids is 2. The first-order chi connectivity index (χ1) is 20.4. The molecule has 1 amide bonds. The van der Waals surface area contributed by atoms with Gasteiger partial charge in [-0.15, -0.1) is 0 Å². The van der Waals surface area contributed by atoms with Gasteiger partial charge in [0, 0.05) is 42.2 Å². The number of para-hydroxylation sites is 1. The van der Waals surface area contributed by atoms with E-state index in [4.69, 9.17) is 14.2 Å². The van der Waals surface area contributed by atoms with Crippen molar-refractivity contribution in [3.63, 3.8) is 0 Å². The zero-order valence-corrected chi connectivity index (χ0v) is 22.5. The summed E-state index contributed by atoms with van der Waals surface area (Å²) < 4.78 is 53.7. The molecule has 0 radical (unpaired) electrons. The molecule has 1 aromatic heterocycles. The molecule has 4 aliphatic heterocycles. The van der Waals surface area contributed by atoms with E-state index < -0.39 is 53.1 Å². The van der Waals surface area contributed by atoms with Crippen LogP contribution >= 0.6 is 0 Å². The predicted molar refractivity (Wildman–Crippen MR) is 143 cm³/mol. The molecular weight excluding hydrogens is 554 g/mol. The Morgan fingerprint density at radius 1 is 0.952 bits per heavy atom. The summed E-state index contributed by atoms with van der Waals surface area (Å²) in [5.41, 5.74) is 1.26. The number of nitrogens with zero attached hydrogens (tertiary/aromatic N) is 4. The number of ether oxygens (including phenoxy) is 4. The van der Waals surface area contributed by atoms with Gasteiger partial charge >= 0.3 is 6.16 Å². The molecule has 2 saturated heterocycles. The van der Waals surface area contributed by atoms with Crippen LogP contribution < -0.4 is 20.1 Å². The Morgan fingerprint density at radius 3 is 2.52 bits per heavy atom. The zero-order chi connectivity index (χ0) is 29.1. The number of aromatic nitrogens is 1. The van der Waals surface area contributed by atoms with Gasteiger partial charge in [-0.2, -0.15) is 0 Å². The maximum Gasteiger partial charge on any atom is 0.513 e. The van der Waals surface area contributed by atoms with Gasteiger partial charge < -0.3 is 28.7 Å². The number of morpholine rings is 2. The summed E-state index contributed by atoms with van der Waals surface area (Å²) in [6.45, 7) is 1.52. The van der Waals surface area contributed by atoms with E-state index in [9.17, 15) is 18.8 Å². The lowest BCUT2D eigenvalue weighted by Gasteiger charge is -2.51. The van der Waals surface area contributed by atoms with Crippen molar-refractivity contribution in [2.45, 2.75) is 18.2 Å². The lowest BCUT2D eigenvalue weighted by atomic mass is 9.91. The van der Waals surface area contributed by atoms with Crippen LogP contribution in [-0.2, 0) is 14.2 Å². The predicted octanol–water partition coefficient (Wildman–Crippen LogP) is 2.70. The molecule has 11 nitrogen and oxygen atoms in total. The molecule has 13 heteroatoms. The van der Waals surface area contributed by atoms with Crippen molar-refractivity contribution in [2.75, 3.05) is 56.5 Å². The lowest BCUT2D eigenvalue weighted by Crippen LogP contribution is -2.66. The number of methoxy groups -OCH3 is 1. The highest BCUT2D eigenvalue weighted by molar-refractivity contribution is 5.97. The highest BCUT2D eigenvalue weighted by Gasteiger charge is 2.48. The third-order valence-corrected chi connectivity index (χ3v) is 8.24. The second-order valence-corrected chi connectivity index (χ2v) is 10.3. The Balaban J connectivity index is 1.54. The van der Waals surface area contributed by atoms with E-state index in [1.165, 1.54) is 21.8 Å². The molecule has 0 saturated carbocycles. The molecule has 3 aromatic rings. The number of carbonyl (C=O) groups is 2. The molecule has 0 bridgehead atoms. The van der Waals surface area contributed by atoms with E-state index in [0.29, 0.717) is 18.7 Å². The topological polar surface area (TPSA) is 103 Å². The number of benzene rings is 2. The normalized spacial score (nSPS) is 22.7. The van der Waals surface area contributed by atoms with Gasteiger partial charge in [-0.3, -0.25) is 19.3 Å².